The maximum atomic E-state index is 13.5. The molecule has 0 bridgehead atoms. The highest BCUT2D eigenvalue weighted by Crippen LogP contribution is 2.29. The molecule has 0 spiro atoms. The molecule has 5 N–H and O–H groups in total. The van der Waals surface area contributed by atoms with Crippen LogP contribution in [0.1, 0.15) is 64.8 Å². The summed E-state index contributed by atoms with van der Waals surface area (Å²) in [6.07, 6.45) is 4.50. The Morgan fingerprint density at radius 1 is 1.23 bits per heavy atom. The summed E-state index contributed by atoms with van der Waals surface area (Å²) in [6, 6.07) is 6.76. The van der Waals surface area contributed by atoms with Crippen molar-refractivity contribution in [1.82, 2.24) is 9.69 Å². The minimum absolute atomic E-state index is 0.0549. The van der Waals surface area contributed by atoms with Crippen molar-refractivity contribution >= 4 is 40.6 Å². The summed E-state index contributed by atoms with van der Waals surface area (Å²) in [4.78, 5) is 39.7. The van der Waals surface area contributed by atoms with Crippen LogP contribution >= 0.6 is 11.5 Å². The van der Waals surface area contributed by atoms with Crippen molar-refractivity contribution < 1.29 is 14.4 Å². The van der Waals surface area contributed by atoms with Crippen molar-refractivity contribution in [2.75, 3.05) is 10.6 Å². The van der Waals surface area contributed by atoms with Crippen molar-refractivity contribution in [2.24, 2.45) is 5.73 Å². The number of carbonyl (C=O) groups excluding carboxylic acids is 3. The van der Waals surface area contributed by atoms with E-state index in [4.69, 9.17) is 11.5 Å². The quantitative estimate of drug-likeness (QED) is 0.622. The van der Waals surface area contributed by atoms with Gasteiger partial charge in [-0.2, -0.15) is 4.37 Å². The fraction of sp³-hybridized carbons (Fsp3) is 0.429. The molecule has 2 aromatic rings. The summed E-state index contributed by atoms with van der Waals surface area (Å²) in [6.45, 7) is 3.80. The first-order valence-electron chi connectivity index (χ1n) is 10.1. The van der Waals surface area contributed by atoms with E-state index in [9.17, 15) is 14.4 Å². The van der Waals surface area contributed by atoms with Gasteiger partial charge in [0.15, 0.2) is 5.69 Å². The van der Waals surface area contributed by atoms with Gasteiger partial charge in [0.25, 0.3) is 11.8 Å². The highest BCUT2D eigenvalue weighted by Gasteiger charge is 2.34. The molecule has 1 aromatic carbocycles. The lowest BCUT2D eigenvalue weighted by atomic mass is 10.1. The van der Waals surface area contributed by atoms with Crippen LogP contribution in [0.5, 0.6) is 0 Å². The fourth-order valence-corrected chi connectivity index (χ4v) is 4.48. The van der Waals surface area contributed by atoms with Crippen LogP contribution in [0.3, 0.4) is 0 Å². The van der Waals surface area contributed by atoms with E-state index in [0.29, 0.717) is 12.1 Å². The molecule has 30 heavy (non-hydrogen) atoms. The number of rotatable bonds is 7. The molecular weight excluding hydrogens is 402 g/mol. The van der Waals surface area contributed by atoms with Crippen LogP contribution in [0.2, 0.25) is 0 Å². The number of nitrogens with two attached hydrogens (primary N) is 2. The Hall–Kier alpha value is -2.94. The summed E-state index contributed by atoms with van der Waals surface area (Å²) in [5.74, 6) is -1.47. The Kier molecular flexibility index (Phi) is 6.71. The lowest BCUT2D eigenvalue weighted by Gasteiger charge is -2.31. The number of benzene rings is 1. The van der Waals surface area contributed by atoms with Gasteiger partial charge in [0.2, 0.25) is 5.91 Å². The molecule has 3 rings (SSSR count). The molecule has 8 nitrogen and oxygen atoms in total. The number of hydrogen-bond donors (Lipinski definition) is 3. The third kappa shape index (κ3) is 4.46. The zero-order valence-electron chi connectivity index (χ0n) is 17.2. The summed E-state index contributed by atoms with van der Waals surface area (Å²) in [5.41, 5.74) is 12.7. The van der Waals surface area contributed by atoms with E-state index in [0.717, 1.165) is 42.8 Å². The van der Waals surface area contributed by atoms with Crippen LogP contribution in [-0.4, -0.2) is 34.2 Å². The molecule has 1 atom stereocenters. The van der Waals surface area contributed by atoms with Gasteiger partial charge in [0, 0.05) is 11.7 Å². The summed E-state index contributed by atoms with van der Waals surface area (Å²) < 4.78 is 3.93. The van der Waals surface area contributed by atoms with E-state index in [-0.39, 0.29) is 28.2 Å². The number of nitrogens with zero attached hydrogens (tertiary/aromatic N) is 2. The van der Waals surface area contributed by atoms with Gasteiger partial charge >= 0.3 is 0 Å². The first-order valence-corrected chi connectivity index (χ1v) is 10.9. The Balaban J connectivity index is 1.98. The van der Waals surface area contributed by atoms with E-state index in [2.05, 4.69) is 9.69 Å². The van der Waals surface area contributed by atoms with Gasteiger partial charge in [-0.1, -0.05) is 37.5 Å². The molecule has 1 aromatic heterocycles. The third-order valence-corrected chi connectivity index (χ3v) is 6.24. The second kappa shape index (κ2) is 9.25. The molecule has 0 radical (unpaired) electrons. The van der Waals surface area contributed by atoms with E-state index < -0.39 is 17.9 Å². The normalized spacial score (nSPS) is 15.0. The molecule has 9 heteroatoms. The third-order valence-electron chi connectivity index (χ3n) is 5.39. The lowest BCUT2D eigenvalue weighted by Crippen LogP contribution is -2.51. The first kappa shape index (κ1) is 21.8. The van der Waals surface area contributed by atoms with Crippen LogP contribution < -0.4 is 21.7 Å². The summed E-state index contributed by atoms with van der Waals surface area (Å²) in [5, 5.41) is 3.09. The number of nitrogen functional groups attached to an aromatic ring is 1. The SMILES string of the molecule is CC[C@@H](C(=O)NC1CCCC1)N(C(=O)c1snc(C(N)=O)c1N)c1ccc(C)cc1. The predicted molar refractivity (Wildman–Crippen MR) is 118 cm³/mol. The molecule has 1 heterocycles. The number of nitrogens with one attached hydrogen (secondary N) is 1. The molecule has 3 amide bonds. The van der Waals surface area contributed by atoms with Crippen LogP contribution in [0.4, 0.5) is 11.4 Å². The predicted octanol–water partition coefficient (Wildman–Crippen LogP) is 2.62. The minimum atomic E-state index is -0.796. The molecule has 1 aliphatic rings. The molecule has 0 unspecified atom stereocenters. The highest BCUT2D eigenvalue weighted by molar-refractivity contribution is 7.09. The number of aromatic nitrogens is 1. The molecule has 1 aliphatic carbocycles. The molecule has 1 fully saturated rings. The van der Waals surface area contributed by atoms with E-state index >= 15 is 0 Å². The van der Waals surface area contributed by atoms with Gasteiger partial charge in [-0.05, 0) is 49.9 Å². The van der Waals surface area contributed by atoms with Gasteiger partial charge in [0.1, 0.15) is 10.9 Å². The molecule has 1 saturated carbocycles. The van der Waals surface area contributed by atoms with Crippen LogP contribution in [0.25, 0.3) is 0 Å². The minimum Gasteiger partial charge on any atom is -0.395 e. The fourth-order valence-electron chi connectivity index (χ4n) is 3.74. The van der Waals surface area contributed by atoms with Crippen LogP contribution in [0, 0.1) is 6.92 Å². The molecule has 0 aliphatic heterocycles. The summed E-state index contributed by atoms with van der Waals surface area (Å²) in [7, 11) is 0. The van der Waals surface area contributed by atoms with Crippen molar-refractivity contribution in [3.05, 3.63) is 40.4 Å². The van der Waals surface area contributed by atoms with Gasteiger partial charge < -0.3 is 16.8 Å². The van der Waals surface area contributed by atoms with Crippen molar-refractivity contribution in [1.29, 1.82) is 0 Å². The summed E-state index contributed by atoms with van der Waals surface area (Å²) >= 11 is 0.813. The van der Waals surface area contributed by atoms with Crippen LogP contribution in [-0.2, 0) is 4.79 Å². The number of amides is 3. The maximum absolute atomic E-state index is 13.5. The standard InChI is InChI=1S/C21H27N5O3S/c1-3-15(20(28)24-13-6-4-5-7-13)26(14-10-8-12(2)9-11-14)21(29)18-16(22)17(19(23)27)25-30-18/h8-11,13,15H,3-7,22H2,1-2H3,(H2,23,27)(H,24,28)/t15-/m0/s1. The van der Waals surface area contributed by atoms with E-state index in [1.165, 1.54) is 4.90 Å². The number of aryl methyl sites for hydroxylation is 1. The lowest BCUT2D eigenvalue weighted by molar-refractivity contribution is -0.123. The molecular formula is C21H27N5O3S. The average molecular weight is 430 g/mol. The van der Waals surface area contributed by atoms with E-state index in [1.807, 2.05) is 26.0 Å². The number of anilines is 2. The number of primary amides is 1. The van der Waals surface area contributed by atoms with Gasteiger partial charge in [-0.3, -0.25) is 19.3 Å². The topological polar surface area (TPSA) is 131 Å². The van der Waals surface area contributed by atoms with Gasteiger partial charge in [-0.25, -0.2) is 0 Å². The van der Waals surface area contributed by atoms with Crippen molar-refractivity contribution in [3.63, 3.8) is 0 Å². The van der Waals surface area contributed by atoms with Crippen LogP contribution in [0.15, 0.2) is 24.3 Å². The van der Waals surface area contributed by atoms with E-state index in [1.54, 1.807) is 12.1 Å². The second-order valence-electron chi connectivity index (χ2n) is 7.56. The van der Waals surface area contributed by atoms with Crippen molar-refractivity contribution in [2.45, 2.75) is 58.0 Å². The number of carbonyl (C=O) groups is 3. The Morgan fingerprint density at radius 3 is 2.40 bits per heavy atom. The molecule has 160 valence electrons. The molecule has 0 saturated heterocycles. The average Bonchev–Trinajstić information content (AvgIpc) is 3.35. The number of hydrogen-bond acceptors (Lipinski definition) is 6. The zero-order valence-corrected chi connectivity index (χ0v) is 18.0. The monoisotopic (exact) mass is 429 g/mol. The Morgan fingerprint density at radius 2 is 1.87 bits per heavy atom. The second-order valence-corrected chi connectivity index (χ2v) is 8.34. The largest absolute Gasteiger partial charge is 0.395 e. The zero-order chi connectivity index (χ0) is 21.8. The Bertz CT molecular complexity index is 935. The van der Waals surface area contributed by atoms with Crippen molar-refractivity contribution in [3.8, 4) is 0 Å². The maximum Gasteiger partial charge on any atom is 0.272 e. The van der Waals surface area contributed by atoms with Gasteiger partial charge in [0.05, 0.1) is 5.69 Å². The highest BCUT2D eigenvalue weighted by atomic mass is 32.1. The van der Waals surface area contributed by atoms with Gasteiger partial charge in [-0.15, -0.1) is 0 Å². The Labute approximate surface area is 179 Å². The smallest absolute Gasteiger partial charge is 0.272 e. The first-order chi connectivity index (χ1) is 14.3.